The Morgan fingerprint density at radius 3 is 2.94 bits per heavy atom. The SMILES string of the molecule is CCCNc1cncc(C(=O)NCC(C)SC)n1. The summed E-state index contributed by atoms with van der Waals surface area (Å²) in [7, 11) is 0. The van der Waals surface area contributed by atoms with Gasteiger partial charge in [0, 0.05) is 18.3 Å². The number of amides is 1. The quantitative estimate of drug-likeness (QED) is 0.789. The zero-order valence-electron chi connectivity index (χ0n) is 11.1. The third kappa shape index (κ3) is 4.91. The van der Waals surface area contributed by atoms with Crippen LogP contribution in [0.25, 0.3) is 0 Å². The number of hydrogen-bond acceptors (Lipinski definition) is 5. The number of thioether (sulfide) groups is 1. The molecule has 5 nitrogen and oxygen atoms in total. The maximum atomic E-state index is 11.8. The molecule has 0 radical (unpaired) electrons. The Morgan fingerprint density at radius 1 is 1.50 bits per heavy atom. The first-order valence-corrected chi connectivity index (χ1v) is 7.33. The van der Waals surface area contributed by atoms with Gasteiger partial charge in [0.15, 0.2) is 0 Å². The maximum Gasteiger partial charge on any atom is 0.271 e. The van der Waals surface area contributed by atoms with Crippen molar-refractivity contribution in [2.45, 2.75) is 25.5 Å². The second kappa shape index (κ2) is 7.92. The van der Waals surface area contributed by atoms with Crippen LogP contribution in [0.4, 0.5) is 5.82 Å². The van der Waals surface area contributed by atoms with Crippen molar-refractivity contribution in [1.82, 2.24) is 15.3 Å². The van der Waals surface area contributed by atoms with Gasteiger partial charge in [0.05, 0.1) is 12.4 Å². The fourth-order valence-corrected chi connectivity index (χ4v) is 1.47. The van der Waals surface area contributed by atoms with E-state index in [1.807, 2.05) is 6.26 Å². The van der Waals surface area contributed by atoms with E-state index in [4.69, 9.17) is 0 Å². The topological polar surface area (TPSA) is 66.9 Å². The van der Waals surface area contributed by atoms with Gasteiger partial charge < -0.3 is 10.6 Å². The van der Waals surface area contributed by atoms with Gasteiger partial charge in [-0.3, -0.25) is 9.78 Å². The summed E-state index contributed by atoms with van der Waals surface area (Å²) in [4.78, 5) is 20.1. The van der Waals surface area contributed by atoms with Crippen LogP contribution in [-0.2, 0) is 0 Å². The first-order valence-electron chi connectivity index (χ1n) is 6.04. The molecule has 0 aliphatic carbocycles. The van der Waals surface area contributed by atoms with Gasteiger partial charge in [0.25, 0.3) is 5.91 Å². The van der Waals surface area contributed by atoms with E-state index in [1.54, 1.807) is 18.0 Å². The molecule has 0 aliphatic heterocycles. The molecule has 1 aromatic rings. The Hall–Kier alpha value is -1.30. The predicted octanol–water partition coefficient (Wildman–Crippen LogP) is 1.78. The van der Waals surface area contributed by atoms with E-state index in [-0.39, 0.29) is 5.91 Å². The summed E-state index contributed by atoms with van der Waals surface area (Å²) in [6, 6.07) is 0. The van der Waals surface area contributed by atoms with Gasteiger partial charge in [-0.1, -0.05) is 13.8 Å². The molecule has 1 aromatic heterocycles. The normalized spacial score (nSPS) is 11.9. The van der Waals surface area contributed by atoms with E-state index >= 15 is 0 Å². The van der Waals surface area contributed by atoms with Crippen molar-refractivity contribution in [3.63, 3.8) is 0 Å². The molecule has 0 saturated heterocycles. The lowest BCUT2D eigenvalue weighted by Gasteiger charge is -2.10. The Balaban J connectivity index is 2.56. The number of nitrogens with one attached hydrogen (secondary N) is 2. The monoisotopic (exact) mass is 268 g/mol. The minimum atomic E-state index is -0.177. The minimum Gasteiger partial charge on any atom is -0.369 e. The lowest BCUT2D eigenvalue weighted by atomic mass is 10.4. The molecule has 0 saturated carbocycles. The second-order valence-electron chi connectivity index (χ2n) is 3.97. The van der Waals surface area contributed by atoms with Crippen LogP contribution in [0, 0.1) is 0 Å². The smallest absolute Gasteiger partial charge is 0.271 e. The number of nitrogens with zero attached hydrogens (tertiary/aromatic N) is 2. The molecule has 100 valence electrons. The number of rotatable bonds is 7. The summed E-state index contributed by atoms with van der Waals surface area (Å²) in [5, 5.41) is 6.34. The number of carbonyl (C=O) groups is 1. The molecule has 1 atom stereocenters. The van der Waals surface area contributed by atoms with Crippen molar-refractivity contribution in [2.24, 2.45) is 0 Å². The van der Waals surface area contributed by atoms with E-state index in [2.05, 4.69) is 34.4 Å². The molecule has 0 aromatic carbocycles. The number of aromatic nitrogens is 2. The average Bonchev–Trinajstić information content (AvgIpc) is 2.42. The molecule has 0 aliphatic rings. The highest BCUT2D eigenvalue weighted by atomic mass is 32.2. The van der Waals surface area contributed by atoms with E-state index in [9.17, 15) is 4.79 Å². The maximum absolute atomic E-state index is 11.8. The van der Waals surface area contributed by atoms with Gasteiger partial charge in [0.2, 0.25) is 0 Å². The Kier molecular flexibility index (Phi) is 6.49. The highest BCUT2D eigenvalue weighted by Gasteiger charge is 2.09. The standard InChI is InChI=1S/C12H20N4OS/c1-4-5-14-11-8-13-7-10(16-11)12(17)15-6-9(2)18-3/h7-9H,4-6H2,1-3H3,(H,14,16)(H,15,17). The van der Waals surface area contributed by atoms with Crippen molar-refractivity contribution >= 4 is 23.5 Å². The molecule has 6 heteroatoms. The fourth-order valence-electron chi connectivity index (χ4n) is 1.22. The van der Waals surface area contributed by atoms with E-state index in [0.29, 0.717) is 23.3 Å². The average molecular weight is 268 g/mol. The van der Waals surface area contributed by atoms with E-state index in [1.165, 1.54) is 6.20 Å². The van der Waals surface area contributed by atoms with Gasteiger partial charge in [-0.25, -0.2) is 4.98 Å². The first kappa shape index (κ1) is 14.8. The van der Waals surface area contributed by atoms with Crippen LogP contribution < -0.4 is 10.6 Å². The van der Waals surface area contributed by atoms with E-state index in [0.717, 1.165) is 13.0 Å². The molecule has 18 heavy (non-hydrogen) atoms. The Morgan fingerprint density at radius 2 is 2.28 bits per heavy atom. The predicted molar refractivity (Wildman–Crippen MR) is 76.1 cm³/mol. The second-order valence-corrected chi connectivity index (χ2v) is 5.25. The summed E-state index contributed by atoms with van der Waals surface area (Å²) in [6.07, 6.45) is 6.13. The molecular formula is C12H20N4OS. The van der Waals surface area contributed by atoms with Crippen molar-refractivity contribution < 1.29 is 4.79 Å². The van der Waals surface area contributed by atoms with Crippen LogP contribution in [0.5, 0.6) is 0 Å². The lowest BCUT2D eigenvalue weighted by Crippen LogP contribution is -2.30. The molecule has 1 heterocycles. The summed E-state index contributed by atoms with van der Waals surface area (Å²) >= 11 is 1.71. The molecule has 0 fully saturated rings. The van der Waals surface area contributed by atoms with Gasteiger partial charge in [0.1, 0.15) is 11.5 Å². The number of carbonyl (C=O) groups excluding carboxylic acids is 1. The first-order chi connectivity index (χ1) is 8.67. The summed E-state index contributed by atoms with van der Waals surface area (Å²) in [6.45, 7) is 5.59. The van der Waals surface area contributed by atoms with Crippen LogP contribution >= 0.6 is 11.8 Å². The molecular weight excluding hydrogens is 248 g/mol. The summed E-state index contributed by atoms with van der Waals surface area (Å²) in [5.41, 5.74) is 0.351. The van der Waals surface area contributed by atoms with Crippen LogP contribution in [0.15, 0.2) is 12.4 Å². The van der Waals surface area contributed by atoms with Crippen molar-refractivity contribution in [3.8, 4) is 0 Å². The summed E-state index contributed by atoms with van der Waals surface area (Å²) < 4.78 is 0. The van der Waals surface area contributed by atoms with Gasteiger partial charge in [-0.15, -0.1) is 0 Å². The number of hydrogen-bond donors (Lipinski definition) is 2. The summed E-state index contributed by atoms with van der Waals surface area (Å²) in [5.74, 6) is 0.464. The molecule has 0 spiro atoms. The zero-order valence-corrected chi connectivity index (χ0v) is 11.9. The van der Waals surface area contributed by atoms with Gasteiger partial charge in [-0.05, 0) is 12.7 Å². The molecule has 2 N–H and O–H groups in total. The van der Waals surface area contributed by atoms with Crippen LogP contribution in [-0.4, -0.2) is 40.5 Å². The highest BCUT2D eigenvalue weighted by molar-refractivity contribution is 7.99. The third-order valence-corrected chi connectivity index (χ3v) is 3.35. The molecule has 1 unspecified atom stereocenters. The van der Waals surface area contributed by atoms with Gasteiger partial charge in [-0.2, -0.15) is 11.8 Å². The minimum absolute atomic E-state index is 0.177. The Bertz CT molecular complexity index is 386. The highest BCUT2D eigenvalue weighted by Crippen LogP contribution is 2.05. The van der Waals surface area contributed by atoms with E-state index < -0.39 is 0 Å². The van der Waals surface area contributed by atoms with Gasteiger partial charge >= 0.3 is 0 Å². The van der Waals surface area contributed by atoms with Crippen molar-refractivity contribution in [1.29, 1.82) is 0 Å². The molecule has 1 amide bonds. The Labute approximate surface area is 112 Å². The van der Waals surface area contributed by atoms with Crippen LogP contribution in [0.1, 0.15) is 30.8 Å². The largest absolute Gasteiger partial charge is 0.369 e. The zero-order chi connectivity index (χ0) is 13.4. The molecule has 0 bridgehead atoms. The molecule has 1 rings (SSSR count). The van der Waals surface area contributed by atoms with Crippen LogP contribution in [0.2, 0.25) is 0 Å². The fraction of sp³-hybridized carbons (Fsp3) is 0.583. The van der Waals surface area contributed by atoms with Crippen LogP contribution in [0.3, 0.4) is 0 Å². The third-order valence-electron chi connectivity index (χ3n) is 2.38. The van der Waals surface area contributed by atoms with Crippen molar-refractivity contribution in [3.05, 3.63) is 18.1 Å². The van der Waals surface area contributed by atoms with Crippen molar-refractivity contribution in [2.75, 3.05) is 24.7 Å². The lowest BCUT2D eigenvalue weighted by molar-refractivity contribution is 0.0949. The number of anilines is 1.